The van der Waals surface area contributed by atoms with Crippen molar-refractivity contribution in [3.05, 3.63) is 0 Å². The Bertz CT molecular complexity index is 233. The molecule has 16 heavy (non-hydrogen) atoms. The maximum atomic E-state index is 11.0. The quantitative estimate of drug-likeness (QED) is 0.738. The van der Waals surface area contributed by atoms with Crippen molar-refractivity contribution >= 4 is 5.97 Å². The summed E-state index contributed by atoms with van der Waals surface area (Å²) >= 11 is 0. The summed E-state index contributed by atoms with van der Waals surface area (Å²) < 4.78 is 0. The smallest absolute Gasteiger partial charge is 0.322 e. The van der Waals surface area contributed by atoms with Crippen molar-refractivity contribution in [1.82, 2.24) is 10.2 Å². The van der Waals surface area contributed by atoms with E-state index >= 15 is 0 Å². The van der Waals surface area contributed by atoms with Crippen LogP contribution >= 0.6 is 0 Å². The largest absolute Gasteiger partial charge is 0.480 e. The summed E-state index contributed by atoms with van der Waals surface area (Å²) in [4.78, 5) is 13.3. The van der Waals surface area contributed by atoms with Gasteiger partial charge in [0.1, 0.15) is 6.04 Å². The van der Waals surface area contributed by atoms with E-state index in [4.69, 9.17) is 5.11 Å². The summed E-state index contributed by atoms with van der Waals surface area (Å²) in [5.74, 6) is 0.691. The van der Waals surface area contributed by atoms with Crippen molar-refractivity contribution in [1.29, 1.82) is 0 Å². The first-order valence-electron chi connectivity index (χ1n) is 6.23. The van der Waals surface area contributed by atoms with Gasteiger partial charge in [-0.25, -0.2) is 0 Å². The molecule has 1 rings (SSSR count). The average Bonchev–Trinajstić information content (AvgIpc) is 2.22. The van der Waals surface area contributed by atoms with Crippen LogP contribution in [-0.2, 0) is 4.79 Å². The zero-order valence-corrected chi connectivity index (χ0v) is 10.6. The third kappa shape index (κ3) is 3.76. The first-order chi connectivity index (χ1) is 7.54. The van der Waals surface area contributed by atoms with E-state index in [2.05, 4.69) is 24.1 Å². The lowest BCUT2D eigenvalue weighted by Crippen LogP contribution is -2.49. The van der Waals surface area contributed by atoms with E-state index in [0.717, 1.165) is 19.0 Å². The highest BCUT2D eigenvalue weighted by molar-refractivity contribution is 5.73. The zero-order chi connectivity index (χ0) is 12.1. The van der Waals surface area contributed by atoms with Crippen LogP contribution in [0, 0.1) is 11.8 Å². The lowest BCUT2D eigenvalue weighted by atomic mass is 9.88. The number of nitrogens with zero attached hydrogens (tertiary/aromatic N) is 1. The van der Waals surface area contributed by atoms with Crippen LogP contribution in [0.1, 0.15) is 27.2 Å². The summed E-state index contributed by atoms with van der Waals surface area (Å²) in [6.07, 6.45) is 1.18. The minimum atomic E-state index is -0.742. The maximum absolute atomic E-state index is 11.0. The molecule has 0 aromatic heterocycles. The fraction of sp³-hybridized carbons (Fsp3) is 0.917. The van der Waals surface area contributed by atoms with Gasteiger partial charge in [0.05, 0.1) is 0 Å². The van der Waals surface area contributed by atoms with E-state index < -0.39 is 12.0 Å². The molecule has 1 aliphatic rings. The Morgan fingerprint density at radius 3 is 2.69 bits per heavy atom. The highest BCUT2D eigenvalue weighted by atomic mass is 16.4. The molecule has 0 radical (unpaired) electrons. The molecule has 0 saturated carbocycles. The van der Waals surface area contributed by atoms with Gasteiger partial charge in [0.2, 0.25) is 0 Å². The Morgan fingerprint density at radius 2 is 2.19 bits per heavy atom. The fourth-order valence-corrected chi connectivity index (χ4v) is 2.25. The molecule has 4 heteroatoms. The number of carbonyl (C=O) groups is 1. The van der Waals surface area contributed by atoms with Gasteiger partial charge in [-0.3, -0.25) is 4.79 Å². The molecule has 1 fully saturated rings. The normalized spacial score (nSPS) is 28.9. The number of hydrogen-bond acceptors (Lipinski definition) is 3. The second kappa shape index (κ2) is 6.21. The Hall–Kier alpha value is -0.610. The highest BCUT2D eigenvalue weighted by Crippen LogP contribution is 2.22. The maximum Gasteiger partial charge on any atom is 0.322 e. The number of rotatable bonds is 5. The van der Waals surface area contributed by atoms with Gasteiger partial charge in [-0.05, 0) is 31.3 Å². The standard InChI is InChI=1S/C12H24N2O2/c1-4-13-11(12(15)16)8-14-6-5-9(2)10(3)7-14/h9-11,13H,4-8H2,1-3H3,(H,15,16). The van der Waals surface area contributed by atoms with Gasteiger partial charge in [-0.15, -0.1) is 0 Å². The van der Waals surface area contributed by atoms with Crippen LogP contribution in [0.15, 0.2) is 0 Å². The number of aliphatic carboxylic acids is 1. The van der Waals surface area contributed by atoms with Crippen LogP contribution in [0.4, 0.5) is 0 Å². The van der Waals surface area contributed by atoms with E-state index in [1.54, 1.807) is 0 Å². The van der Waals surface area contributed by atoms with Gasteiger partial charge >= 0.3 is 5.97 Å². The third-order valence-corrected chi connectivity index (χ3v) is 3.61. The fourth-order valence-electron chi connectivity index (χ4n) is 2.25. The van der Waals surface area contributed by atoms with Gasteiger partial charge < -0.3 is 15.3 Å². The monoisotopic (exact) mass is 228 g/mol. The number of hydrogen-bond donors (Lipinski definition) is 2. The van der Waals surface area contributed by atoms with Gasteiger partial charge in [0.15, 0.2) is 0 Å². The summed E-state index contributed by atoms with van der Waals surface area (Å²) in [6, 6.07) is -0.425. The number of piperidine rings is 1. The predicted molar refractivity (Wildman–Crippen MR) is 64.5 cm³/mol. The van der Waals surface area contributed by atoms with Crippen LogP contribution in [-0.4, -0.2) is 48.2 Å². The topological polar surface area (TPSA) is 52.6 Å². The molecule has 0 aromatic carbocycles. The Morgan fingerprint density at radius 1 is 1.50 bits per heavy atom. The van der Waals surface area contributed by atoms with Gasteiger partial charge in [-0.2, -0.15) is 0 Å². The van der Waals surface area contributed by atoms with Crippen molar-refractivity contribution < 1.29 is 9.90 Å². The van der Waals surface area contributed by atoms with Crippen LogP contribution in [0.5, 0.6) is 0 Å². The van der Waals surface area contributed by atoms with E-state index in [1.807, 2.05) is 6.92 Å². The van der Waals surface area contributed by atoms with Crippen molar-refractivity contribution in [3.8, 4) is 0 Å². The minimum absolute atomic E-state index is 0.425. The predicted octanol–water partition coefficient (Wildman–Crippen LogP) is 1.03. The van der Waals surface area contributed by atoms with Gasteiger partial charge in [0.25, 0.3) is 0 Å². The molecule has 0 amide bonds. The summed E-state index contributed by atoms with van der Waals surface area (Å²) in [5, 5.41) is 12.1. The molecule has 0 spiro atoms. The first-order valence-corrected chi connectivity index (χ1v) is 6.23. The van der Waals surface area contributed by atoms with Crippen molar-refractivity contribution in [2.24, 2.45) is 11.8 Å². The Labute approximate surface area is 98.0 Å². The van der Waals surface area contributed by atoms with Crippen molar-refractivity contribution in [3.63, 3.8) is 0 Å². The lowest BCUT2D eigenvalue weighted by molar-refractivity contribution is -0.140. The van der Waals surface area contributed by atoms with Crippen molar-refractivity contribution in [2.75, 3.05) is 26.2 Å². The van der Waals surface area contributed by atoms with E-state index in [1.165, 1.54) is 6.42 Å². The SMILES string of the molecule is CCNC(CN1CCC(C)C(C)C1)C(=O)O. The number of carboxylic acid groups (broad SMARTS) is 1. The lowest BCUT2D eigenvalue weighted by Gasteiger charge is -2.36. The molecular weight excluding hydrogens is 204 g/mol. The number of nitrogens with one attached hydrogen (secondary N) is 1. The van der Waals surface area contributed by atoms with E-state index in [9.17, 15) is 4.79 Å². The summed E-state index contributed by atoms with van der Waals surface area (Å²) in [6.45, 7) is 9.85. The Balaban J connectivity index is 2.43. The van der Waals surface area contributed by atoms with Crippen LogP contribution in [0.2, 0.25) is 0 Å². The summed E-state index contributed by atoms with van der Waals surface area (Å²) in [7, 11) is 0. The minimum Gasteiger partial charge on any atom is -0.480 e. The molecule has 2 N–H and O–H groups in total. The van der Waals surface area contributed by atoms with Crippen LogP contribution in [0.3, 0.4) is 0 Å². The molecule has 0 bridgehead atoms. The number of likely N-dealkylation sites (N-methyl/N-ethyl adjacent to an activating group) is 1. The van der Waals surface area contributed by atoms with Crippen molar-refractivity contribution in [2.45, 2.75) is 33.2 Å². The molecule has 4 nitrogen and oxygen atoms in total. The second-order valence-electron chi connectivity index (χ2n) is 4.95. The van der Waals surface area contributed by atoms with Crippen LogP contribution in [0.25, 0.3) is 0 Å². The molecule has 0 aromatic rings. The second-order valence-corrected chi connectivity index (χ2v) is 4.95. The third-order valence-electron chi connectivity index (χ3n) is 3.61. The van der Waals surface area contributed by atoms with Gasteiger partial charge in [0, 0.05) is 13.1 Å². The molecule has 3 atom stereocenters. The molecule has 3 unspecified atom stereocenters. The molecule has 1 saturated heterocycles. The first kappa shape index (κ1) is 13.5. The van der Waals surface area contributed by atoms with E-state index in [-0.39, 0.29) is 0 Å². The molecule has 1 aliphatic heterocycles. The summed E-state index contributed by atoms with van der Waals surface area (Å²) in [5.41, 5.74) is 0. The molecular formula is C12H24N2O2. The van der Waals surface area contributed by atoms with Gasteiger partial charge in [-0.1, -0.05) is 20.8 Å². The average molecular weight is 228 g/mol. The molecule has 94 valence electrons. The highest BCUT2D eigenvalue weighted by Gasteiger charge is 2.26. The van der Waals surface area contributed by atoms with Crippen LogP contribution < -0.4 is 5.32 Å². The number of carboxylic acids is 1. The van der Waals surface area contributed by atoms with E-state index in [0.29, 0.717) is 19.0 Å². The Kier molecular flexibility index (Phi) is 5.22. The molecule has 0 aliphatic carbocycles. The molecule has 1 heterocycles. The zero-order valence-electron chi connectivity index (χ0n) is 10.6. The number of likely N-dealkylation sites (tertiary alicyclic amines) is 1.